The summed E-state index contributed by atoms with van der Waals surface area (Å²) in [6.07, 6.45) is 15.4. The number of nitrogens with one attached hydrogen (secondary N) is 2. The third-order valence-electron chi connectivity index (χ3n) is 4.58. The van der Waals surface area contributed by atoms with Gasteiger partial charge in [-0.3, -0.25) is 9.59 Å². The maximum absolute atomic E-state index is 11.8. The summed E-state index contributed by atoms with van der Waals surface area (Å²) in [5.41, 5.74) is 5.34. The monoisotopic (exact) mass is 371 g/mol. The van der Waals surface area contributed by atoms with Crippen LogP contribution < -0.4 is 16.4 Å². The highest BCUT2D eigenvalue weighted by Crippen LogP contribution is 2.11. The predicted molar refractivity (Wildman–Crippen MR) is 107 cm³/mol. The Hall–Kier alpha value is -1.14. The third kappa shape index (κ3) is 16.3. The normalized spacial score (nSPS) is 12.1. The van der Waals surface area contributed by atoms with Crippen LogP contribution in [-0.2, 0) is 9.59 Å². The molecule has 0 radical (unpaired) electrons. The van der Waals surface area contributed by atoms with E-state index >= 15 is 0 Å². The quantitative estimate of drug-likeness (QED) is 0.261. The number of nitrogens with two attached hydrogens (primary N) is 1. The van der Waals surface area contributed by atoms with E-state index in [9.17, 15) is 9.59 Å². The molecule has 0 saturated carbocycles. The van der Waals surface area contributed by atoms with Crippen molar-refractivity contribution in [2.24, 2.45) is 5.73 Å². The van der Waals surface area contributed by atoms with Crippen LogP contribution in [0.5, 0.6) is 0 Å². The fraction of sp³-hybridized carbons (Fsp3) is 0.900. The summed E-state index contributed by atoms with van der Waals surface area (Å²) in [4.78, 5) is 22.8. The Morgan fingerprint density at radius 3 is 1.81 bits per heavy atom. The fourth-order valence-electron chi connectivity index (χ4n) is 2.96. The predicted octanol–water partition coefficient (Wildman–Crippen LogP) is 3.20. The van der Waals surface area contributed by atoms with Crippen molar-refractivity contribution in [2.45, 2.75) is 96.4 Å². The lowest BCUT2D eigenvalue weighted by atomic mass is 10.1. The second-order valence-electron chi connectivity index (χ2n) is 7.08. The van der Waals surface area contributed by atoms with Crippen LogP contribution in [-0.4, -0.2) is 42.7 Å². The average molecular weight is 372 g/mol. The Kier molecular flexibility index (Phi) is 17.8. The third-order valence-corrected chi connectivity index (χ3v) is 4.58. The molecule has 26 heavy (non-hydrogen) atoms. The van der Waals surface area contributed by atoms with E-state index in [1.807, 2.05) is 0 Å². The van der Waals surface area contributed by atoms with E-state index in [1.165, 1.54) is 64.2 Å². The molecule has 0 aliphatic carbocycles. The van der Waals surface area contributed by atoms with Gasteiger partial charge in [-0.1, -0.05) is 77.6 Å². The number of amides is 1. The maximum atomic E-state index is 11.8. The number of hydrogen-bond donors (Lipinski definition) is 4. The maximum Gasteiger partial charge on any atom is 0.321 e. The van der Waals surface area contributed by atoms with Crippen LogP contribution in [0.15, 0.2) is 0 Å². The van der Waals surface area contributed by atoms with Crippen molar-refractivity contribution in [3.8, 4) is 0 Å². The molecule has 0 aromatic carbocycles. The van der Waals surface area contributed by atoms with Crippen molar-refractivity contribution in [1.82, 2.24) is 10.6 Å². The van der Waals surface area contributed by atoms with Gasteiger partial charge in [0.05, 0.1) is 6.42 Å². The van der Waals surface area contributed by atoms with Crippen LogP contribution in [0.25, 0.3) is 0 Å². The first-order chi connectivity index (χ1) is 12.6. The molecule has 0 aromatic heterocycles. The van der Waals surface area contributed by atoms with E-state index in [1.54, 1.807) is 0 Å². The van der Waals surface area contributed by atoms with E-state index in [2.05, 4.69) is 17.6 Å². The summed E-state index contributed by atoms with van der Waals surface area (Å²) in [6, 6.07) is -0.861. The number of carbonyl (C=O) groups is 2. The van der Waals surface area contributed by atoms with Gasteiger partial charge in [-0.15, -0.1) is 0 Å². The molecule has 0 rings (SSSR count). The topological polar surface area (TPSA) is 104 Å². The zero-order valence-electron chi connectivity index (χ0n) is 16.7. The lowest BCUT2D eigenvalue weighted by molar-refractivity contribution is -0.141. The lowest BCUT2D eigenvalue weighted by Crippen LogP contribution is -2.43. The summed E-state index contributed by atoms with van der Waals surface area (Å²) in [6.45, 7) is 3.62. The summed E-state index contributed by atoms with van der Waals surface area (Å²) in [5, 5.41) is 14.6. The van der Waals surface area contributed by atoms with E-state index in [-0.39, 0.29) is 12.3 Å². The van der Waals surface area contributed by atoms with Crippen molar-refractivity contribution in [1.29, 1.82) is 0 Å². The second-order valence-corrected chi connectivity index (χ2v) is 7.08. The largest absolute Gasteiger partial charge is 0.480 e. The molecule has 1 atom stereocenters. The molecule has 6 heteroatoms. The van der Waals surface area contributed by atoms with Gasteiger partial charge in [0.15, 0.2) is 0 Å². The van der Waals surface area contributed by atoms with E-state index < -0.39 is 12.0 Å². The Balaban J connectivity index is 3.43. The van der Waals surface area contributed by atoms with Crippen LogP contribution in [0.4, 0.5) is 0 Å². The Labute approximate surface area is 159 Å². The minimum Gasteiger partial charge on any atom is -0.480 e. The highest BCUT2D eigenvalue weighted by atomic mass is 16.4. The molecule has 0 spiro atoms. The lowest BCUT2D eigenvalue weighted by Gasteiger charge is -2.13. The van der Waals surface area contributed by atoms with Crippen molar-refractivity contribution >= 4 is 11.9 Å². The molecule has 0 heterocycles. The molecule has 6 nitrogen and oxygen atoms in total. The highest BCUT2D eigenvalue weighted by molar-refractivity contribution is 5.84. The summed E-state index contributed by atoms with van der Waals surface area (Å²) in [7, 11) is 0. The van der Waals surface area contributed by atoms with Gasteiger partial charge in [0, 0.05) is 19.6 Å². The molecule has 5 N–H and O–H groups in total. The van der Waals surface area contributed by atoms with Gasteiger partial charge >= 0.3 is 5.97 Å². The summed E-state index contributed by atoms with van der Waals surface area (Å²) in [5.74, 6) is -1.23. The standard InChI is InChI=1S/C20H41N3O3/c1-2-3-4-5-6-7-8-9-10-11-12-13-15-23-19(24)17-18(20(25)26)22-16-14-21/h18,22H,2-17,21H2,1H3,(H,23,24)(H,25,26). The van der Waals surface area contributed by atoms with Crippen LogP contribution in [0, 0.1) is 0 Å². The summed E-state index contributed by atoms with van der Waals surface area (Å²) >= 11 is 0. The Bertz CT molecular complexity index is 351. The molecule has 0 bridgehead atoms. The van der Waals surface area contributed by atoms with Gasteiger partial charge in [-0.05, 0) is 6.42 Å². The first-order valence-corrected chi connectivity index (χ1v) is 10.5. The number of carboxylic acid groups (broad SMARTS) is 1. The minimum absolute atomic E-state index is 0.0480. The molecule has 0 aliphatic heterocycles. The Morgan fingerprint density at radius 2 is 1.35 bits per heavy atom. The first kappa shape index (κ1) is 24.9. The SMILES string of the molecule is CCCCCCCCCCCCCCNC(=O)CC(NCCN)C(=O)O. The van der Waals surface area contributed by atoms with Gasteiger partial charge in [0.2, 0.25) is 5.91 Å². The molecule has 154 valence electrons. The molecule has 0 aromatic rings. The average Bonchev–Trinajstić information content (AvgIpc) is 2.62. The van der Waals surface area contributed by atoms with Gasteiger partial charge < -0.3 is 21.5 Å². The number of carbonyl (C=O) groups excluding carboxylic acids is 1. The van der Waals surface area contributed by atoms with Crippen molar-refractivity contribution < 1.29 is 14.7 Å². The van der Waals surface area contributed by atoms with Crippen LogP contribution >= 0.6 is 0 Å². The summed E-state index contributed by atoms with van der Waals surface area (Å²) < 4.78 is 0. The number of carboxylic acids is 1. The smallest absolute Gasteiger partial charge is 0.321 e. The van der Waals surface area contributed by atoms with Crippen LogP contribution in [0.3, 0.4) is 0 Å². The zero-order chi connectivity index (χ0) is 19.5. The van der Waals surface area contributed by atoms with Gasteiger partial charge in [-0.2, -0.15) is 0 Å². The van der Waals surface area contributed by atoms with E-state index in [4.69, 9.17) is 10.8 Å². The first-order valence-electron chi connectivity index (χ1n) is 10.5. The fourth-order valence-corrected chi connectivity index (χ4v) is 2.96. The molecule has 0 saturated heterocycles. The molecule has 1 unspecified atom stereocenters. The highest BCUT2D eigenvalue weighted by Gasteiger charge is 2.19. The molecule has 0 aliphatic rings. The minimum atomic E-state index is -1.01. The molecule has 0 fully saturated rings. The van der Waals surface area contributed by atoms with Gasteiger partial charge in [0.25, 0.3) is 0 Å². The van der Waals surface area contributed by atoms with Crippen molar-refractivity contribution in [2.75, 3.05) is 19.6 Å². The van der Waals surface area contributed by atoms with Crippen LogP contribution in [0.2, 0.25) is 0 Å². The van der Waals surface area contributed by atoms with E-state index in [0.29, 0.717) is 19.6 Å². The van der Waals surface area contributed by atoms with Crippen molar-refractivity contribution in [3.05, 3.63) is 0 Å². The molecular weight excluding hydrogens is 330 g/mol. The van der Waals surface area contributed by atoms with Gasteiger partial charge in [0.1, 0.15) is 6.04 Å². The molecule has 1 amide bonds. The van der Waals surface area contributed by atoms with Gasteiger partial charge in [-0.25, -0.2) is 0 Å². The Morgan fingerprint density at radius 1 is 0.846 bits per heavy atom. The zero-order valence-corrected chi connectivity index (χ0v) is 16.7. The van der Waals surface area contributed by atoms with Crippen molar-refractivity contribution in [3.63, 3.8) is 0 Å². The number of hydrogen-bond acceptors (Lipinski definition) is 4. The van der Waals surface area contributed by atoms with E-state index in [0.717, 1.165) is 12.8 Å². The second kappa shape index (κ2) is 18.6. The number of aliphatic carboxylic acids is 1. The van der Waals surface area contributed by atoms with Crippen LogP contribution in [0.1, 0.15) is 90.4 Å². The number of rotatable bonds is 19. The number of unbranched alkanes of at least 4 members (excludes halogenated alkanes) is 11. The molecular formula is C20H41N3O3.